The van der Waals surface area contributed by atoms with Crippen LogP contribution in [0.4, 0.5) is 0 Å². The van der Waals surface area contributed by atoms with Crippen molar-refractivity contribution < 1.29 is 4.79 Å². The first-order chi connectivity index (χ1) is 9.69. The van der Waals surface area contributed by atoms with Crippen LogP contribution in [0, 0.1) is 5.92 Å². The molecular formula is C18H21BrO. The Morgan fingerprint density at radius 3 is 2.20 bits per heavy atom. The summed E-state index contributed by atoms with van der Waals surface area (Å²) >= 11 is 3.57. The third-order valence-corrected chi connectivity index (χ3v) is 4.47. The number of halogens is 1. The van der Waals surface area contributed by atoms with Crippen LogP contribution in [-0.2, 0) is 0 Å². The van der Waals surface area contributed by atoms with E-state index < -0.39 is 0 Å². The first-order valence-electron chi connectivity index (χ1n) is 7.40. The molecule has 2 aromatic rings. The Morgan fingerprint density at radius 1 is 1.00 bits per heavy atom. The van der Waals surface area contributed by atoms with Crippen LogP contribution in [0.25, 0.3) is 10.8 Å². The minimum atomic E-state index is 0.162. The van der Waals surface area contributed by atoms with Gasteiger partial charge in [-0.15, -0.1) is 0 Å². The molecular weight excluding hydrogens is 312 g/mol. The van der Waals surface area contributed by atoms with Crippen LogP contribution in [0.3, 0.4) is 0 Å². The van der Waals surface area contributed by atoms with E-state index in [9.17, 15) is 4.79 Å². The molecule has 1 nitrogen and oxygen atoms in total. The van der Waals surface area contributed by atoms with Crippen molar-refractivity contribution in [2.24, 2.45) is 5.92 Å². The van der Waals surface area contributed by atoms with Gasteiger partial charge in [0.15, 0.2) is 5.78 Å². The Hall–Kier alpha value is -1.15. The van der Waals surface area contributed by atoms with Crippen molar-refractivity contribution in [1.29, 1.82) is 0 Å². The van der Waals surface area contributed by atoms with E-state index in [4.69, 9.17) is 0 Å². The Morgan fingerprint density at radius 2 is 1.60 bits per heavy atom. The molecule has 0 amide bonds. The summed E-state index contributed by atoms with van der Waals surface area (Å²) in [6.07, 6.45) is 4.09. The Bertz CT molecular complexity index is 597. The predicted molar refractivity (Wildman–Crippen MR) is 89.3 cm³/mol. The molecule has 2 rings (SSSR count). The summed E-state index contributed by atoms with van der Waals surface area (Å²) in [4.78, 5) is 12.8. The zero-order chi connectivity index (χ0) is 14.5. The second-order valence-electron chi connectivity index (χ2n) is 5.28. The Kier molecular flexibility index (Phi) is 5.36. The average molecular weight is 333 g/mol. The smallest absolute Gasteiger partial charge is 0.166 e. The van der Waals surface area contributed by atoms with E-state index in [2.05, 4.69) is 35.8 Å². The number of fused-ring (bicyclic) bond motifs is 1. The van der Waals surface area contributed by atoms with Gasteiger partial charge in [-0.25, -0.2) is 0 Å². The van der Waals surface area contributed by atoms with E-state index in [0.717, 1.165) is 46.5 Å². The number of Topliss-reactive ketones (excluding diaryl/α,β-unsaturated/α-hetero) is 1. The van der Waals surface area contributed by atoms with Crippen molar-refractivity contribution in [2.75, 3.05) is 0 Å². The van der Waals surface area contributed by atoms with Gasteiger partial charge in [-0.05, 0) is 35.7 Å². The number of carbonyl (C=O) groups excluding carboxylic acids is 1. The van der Waals surface area contributed by atoms with Crippen LogP contribution in [0.5, 0.6) is 0 Å². The largest absolute Gasteiger partial charge is 0.294 e. The molecule has 0 aliphatic carbocycles. The third-order valence-electron chi connectivity index (χ3n) is 3.78. The molecule has 106 valence electrons. The van der Waals surface area contributed by atoms with E-state index in [1.165, 1.54) is 0 Å². The molecule has 0 bridgehead atoms. The van der Waals surface area contributed by atoms with Crippen LogP contribution in [0.2, 0.25) is 0 Å². The summed E-state index contributed by atoms with van der Waals surface area (Å²) in [5.74, 6) is 0.465. The number of benzene rings is 2. The summed E-state index contributed by atoms with van der Waals surface area (Å²) in [5, 5.41) is 2.18. The second kappa shape index (κ2) is 7.03. The van der Waals surface area contributed by atoms with Gasteiger partial charge in [-0.3, -0.25) is 4.79 Å². The quantitative estimate of drug-likeness (QED) is 0.592. The molecule has 0 saturated heterocycles. The lowest BCUT2D eigenvalue weighted by molar-refractivity contribution is 0.0906. The number of rotatable bonds is 6. The van der Waals surface area contributed by atoms with Gasteiger partial charge in [0.2, 0.25) is 0 Å². The van der Waals surface area contributed by atoms with Crippen LogP contribution < -0.4 is 0 Å². The highest BCUT2D eigenvalue weighted by atomic mass is 79.9. The number of hydrogen-bond acceptors (Lipinski definition) is 1. The molecule has 0 N–H and O–H groups in total. The predicted octanol–water partition coefficient (Wildman–Crippen LogP) is 6.00. The summed E-state index contributed by atoms with van der Waals surface area (Å²) in [6.45, 7) is 4.30. The molecule has 0 aromatic heterocycles. The molecule has 2 heteroatoms. The van der Waals surface area contributed by atoms with Gasteiger partial charge >= 0.3 is 0 Å². The third kappa shape index (κ3) is 3.12. The second-order valence-corrected chi connectivity index (χ2v) is 6.13. The van der Waals surface area contributed by atoms with Crippen LogP contribution in [0.15, 0.2) is 40.9 Å². The van der Waals surface area contributed by atoms with Crippen LogP contribution in [0.1, 0.15) is 49.9 Å². The van der Waals surface area contributed by atoms with Crippen LogP contribution >= 0.6 is 15.9 Å². The van der Waals surface area contributed by atoms with E-state index in [-0.39, 0.29) is 5.92 Å². The maximum atomic E-state index is 12.8. The lowest BCUT2D eigenvalue weighted by Crippen LogP contribution is -2.15. The zero-order valence-corrected chi connectivity index (χ0v) is 13.7. The number of ketones is 1. The molecule has 0 spiro atoms. The molecule has 0 aliphatic rings. The number of carbonyl (C=O) groups is 1. The topological polar surface area (TPSA) is 17.1 Å². The summed E-state index contributed by atoms with van der Waals surface area (Å²) in [5.41, 5.74) is 0.871. The van der Waals surface area contributed by atoms with Gasteiger partial charge in [-0.1, -0.05) is 66.9 Å². The fourth-order valence-electron chi connectivity index (χ4n) is 2.80. The van der Waals surface area contributed by atoms with Crippen molar-refractivity contribution >= 4 is 32.5 Å². The first-order valence-corrected chi connectivity index (χ1v) is 8.19. The molecule has 0 fully saturated rings. The Balaban J connectivity index is 2.46. The Labute approximate surface area is 129 Å². The minimum absolute atomic E-state index is 0.162. The lowest BCUT2D eigenvalue weighted by Gasteiger charge is -2.16. The molecule has 20 heavy (non-hydrogen) atoms. The first kappa shape index (κ1) is 15.2. The van der Waals surface area contributed by atoms with E-state index in [1.807, 2.05) is 30.3 Å². The monoisotopic (exact) mass is 332 g/mol. The highest BCUT2D eigenvalue weighted by molar-refractivity contribution is 9.10. The van der Waals surface area contributed by atoms with Gasteiger partial charge in [0.1, 0.15) is 0 Å². The van der Waals surface area contributed by atoms with E-state index >= 15 is 0 Å². The summed E-state index contributed by atoms with van der Waals surface area (Å²) in [6, 6.07) is 12.1. The molecule has 0 saturated carbocycles. The lowest BCUT2D eigenvalue weighted by atomic mass is 9.88. The molecule has 0 aliphatic heterocycles. The molecule has 0 heterocycles. The fourth-order valence-corrected chi connectivity index (χ4v) is 3.28. The van der Waals surface area contributed by atoms with E-state index in [1.54, 1.807) is 0 Å². The van der Waals surface area contributed by atoms with Gasteiger partial charge in [0.25, 0.3) is 0 Å². The molecule has 0 unspecified atom stereocenters. The highest BCUT2D eigenvalue weighted by Gasteiger charge is 2.20. The summed E-state index contributed by atoms with van der Waals surface area (Å²) < 4.78 is 1.05. The fraction of sp³-hybridized carbons (Fsp3) is 0.389. The van der Waals surface area contributed by atoms with Crippen LogP contribution in [-0.4, -0.2) is 5.78 Å². The van der Waals surface area contributed by atoms with E-state index in [0.29, 0.717) is 5.78 Å². The van der Waals surface area contributed by atoms with Crippen molar-refractivity contribution in [3.63, 3.8) is 0 Å². The minimum Gasteiger partial charge on any atom is -0.294 e. The molecule has 2 aromatic carbocycles. The van der Waals surface area contributed by atoms with Crippen molar-refractivity contribution in [1.82, 2.24) is 0 Å². The van der Waals surface area contributed by atoms with Crippen molar-refractivity contribution in [2.45, 2.75) is 39.5 Å². The van der Waals surface area contributed by atoms with Gasteiger partial charge < -0.3 is 0 Å². The highest BCUT2D eigenvalue weighted by Crippen LogP contribution is 2.30. The normalized spacial score (nSPS) is 11.2. The van der Waals surface area contributed by atoms with Gasteiger partial charge in [0.05, 0.1) is 0 Å². The average Bonchev–Trinajstić information content (AvgIpc) is 2.47. The summed E-state index contributed by atoms with van der Waals surface area (Å²) in [7, 11) is 0. The molecule has 0 radical (unpaired) electrons. The van der Waals surface area contributed by atoms with Crippen molar-refractivity contribution in [3.05, 3.63) is 46.4 Å². The number of hydrogen-bond donors (Lipinski definition) is 0. The van der Waals surface area contributed by atoms with Gasteiger partial charge in [-0.2, -0.15) is 0 Å². The standard InChI is InChI=1S/C18H21BrO/c1-3-7-13(8-4-2)18(20)16-11-12-17(19)15-10-6-5-9-14(15)16/h5-6,9-13H,3-4,7-8H2,1-2H3. The SMILES string of the molecule is CCCC(CCC)C(=O)c1ccc(Br)c2ccccc12. The van der Waals surface area contributed by atoms with Gasteiger partial charge in [0, 0.05) is 16.0 Å². The molecule has 0 atom stereocenters. The maximum Gasteiger partial charge on any atom is 0.166 e. The zero-order valence-electron chi connectivity index (χ0n) is 12.2. The maximum absolute atomic E-state index is 12.8. The van der Waals surface area contributed by atoms with Crippen molar-refractivity contribution in [3.8, 4) is 0 Å².